The first kappa shape index (κ1) is 13.0. The van der Waals surface area contributed by atoms with Gasteiger partial charge in [-0.25, -0.2) is 4.98 Å². The van der Waals surface area contributed by atoms with Crippen molar-refractivity contribution in [3.8, 4) is 17.3 Å². The summed E-state index contributed by atoms with van der Waals surface area (Å²) in [5.41, 5.74) is 0.0693. The van der Waals surface area contributed by atoms with E-state index in [1.807, 2.05) is 6.07 Å². The number of halogens is 3. The number of rotatable bonds is 2. The zero-order valence-electron chi connectivity index (χ0n) is 9.65. The minimum absolute atomic E-state index is 0.00460. The van der Waals surface area contributed by atoms with Crippen molar-refractivity contribution in [2.75, 3.05) is 0 Å². The molecular weight excluding hydrogens is 255 g/mol. The summed E-state index contributed by atoms with van der Waals surface area (Å²) in [7, 11) is 0. The van der Waals surface area contributed by atoms with Crippen LogP contribution in [0.5, 0.6) is 0 Å². The molecule has 0 amide bonds. The van der Waals surface area contributed by atoms with Crippen molar-refractivity contribution >= 4 is 0 Å². The predicted octanol–water partition coefficient (Wildman–Crippen LogP) is 3.23. The van der Waals surface area contributed by atoms with Gasteiger partial charge in [-0.05, 0) is 23.8 Å². The highest BCUT2D eigenvalue weighted by molar-refractivity contribution is 5.62. The van der Waals surface area contributed by atoms with Gasteiger partial charge in [0, 0.05) is 18.0 Å². The topological polar surface area (TPSA) is 49.6 Å². The lowest BCUT2D eigenvalue weighted by molar-refractivity contribution is -0.141. The Labute approximate surface area is 107 Å². The minimum atomic E-state index is -4.51. The summed E-state index contributed by atoms with van der Waals surface area (Å²) in [6.45, 7) is 0. The average molecular weight is 263 g/mol. The first-order valence-corrected chi connectivity index (χ1v) is 5.37. The van der Waals surface area contributed by atoms with Crippen LogP contribution in [0.25, 0.3) is 11.3 Å². The van der Waals surface area contributed by atoms with Crippen molar-refractivity contribution in [2.24, 2.45) is 0 Å². The fraction of sp³-hybridized carbons (Fsp3) is 0.154. The minimum Gasteiger partial charge on any atom is -0.264 e. The molecular formula is C13H8F3N3. The molecule has 2 heterocycles. The van der Waals surface area contributed by atoms with E-state index in [-0.39, 0.29) is 12.1 Å². The molecule has 0 fully saturated rings. The van der Waals surface area contributed by atoms with E-state index in [0.717, 1.165) is 6.07 Å². The van der Waals surface area contributed by atoms with Crippen molar-refractivity contribution < 1.29 is 13.2 Å². The molecule has 0 N–H and O–H groups in total. The lowest BCUT2D eigenvalue weighted by Crippen LogP contribution is -2.09. The second-order valence-corrected chi connectivity index (χ2v) is 3.78. The van der Waals surface area contributed by atoms with Crippen LogP contribution in [0.4, 0.5) is 13.2 Å². The molecule has 2 aromatic rings. The Morgan fingerprint density at radius 2 is 2.00 bits per heavy atom. The molecule has 3 nitrogen and oxygen atoms in total. The number of pyridine rings is 2. The maximum Gasteiger partial charge on any atom is 0.433 e. The molecule has 0 aromatic carbocycles. The van der Waals surface area contributed by atoms with Crippen molar-refractivity contribution in [3.63, 3.8) is 0 Å². The molecule has 0 radical (unpaired) electrons. The summed E-state index contributed by atoms with van der Waals surface area (Å²) in [6.07, 6.45) is -1.58. The van der Waals surface area contributed by atoms with Gasteiger partial charge in [0.15, 0.2) is 0 Å². The summed E-state index contributed by atoms with van der Waals surface area (Å²) < 4.78 is 38.0. The van der Waals surface area contributed by atoms with Crippen LogP contribution in [0.2, 0.25) is 0 Å². The molecule has 0 aliphatic heterocycles. The Bertz CT molecular complexity index is 615. The SMILES string of the molecule is N#CCc1ccc(C(F)(F)F)nc1-c1cccnc1. The Morgan fingerprint density at radius 1 is 1.21 bits per heavy atom. The molecule has 0 saturated carbocycles. The van der Waals surface area contributed by atoms with Crippen LogP contribution in [-0.2, 0) is 12.6 Å². The van der Waals surface area contributed by atoms with Crippen LogP contribution in [0.3, 0.4) is 0 Å². The van der Waals surface area contributed by atoms with Gasteiger partial charge in [0.05, 0.1) is 18.2 Å². The lowest BCUT2D eigenvalue weighted by Gasteiger charge is -2.10. The third-order valence-electron chi connectivity index (χ3n) is 2.47. The first-order valence-electron chi connectivity index (χ1n) is 5.37. The fourth-order valence-corrected chi connectivity index (χ4v) is 1.63. The quantitative estimate of drug-likeness (QED) is 0.835. The normalized spacial score (nSPS) is 11.1. The van der Waals surface area contributed by atoms with E-state index in [9.17, 15) is 13.2 Å². The van der Waals surface area contributed by atoms with Crippen LogP contribution < -0.4 is 0 Å². The van der Waals surface area contributed by atoms with E-state index >= 15 is 0 Å². The summed E-state index contributed by atoms with van der Waals surface area (Å²) >= 11 is 0. The van der Waals surface area contributed by atoms with Crippen LogP contribution in [-0.4, -0.2) is 9.97 Å². The first-order chi connectivity index (χ1) is 9.02. The molecule has 2 rings (SSSR count). The van der Waals surface area contributed by atoms with Gasteiger partial charge in [-0.1, -0.05) is 6.07 Å². The van der Waals surface area contributed by atoms with E-state index < -0.39 is 11.9 Å². The second kappa shape index (κ2) is 5.06. The maximum atomic E-state index is 12.7. The summed E-state index contributed by atoms with van der Waals surface area (Å²) in [5, 5.41) is 8.70. The molecule has 19 heavy (non-hydrogen) atoms. The highest BCUT2D eigenvalue weighted by Crippen LogP contribution is 2.31. The number of alkyl halides is 3. The largest absolute Gasteiger partial charge is 0.433 e. The predicted molar refractivity (Wildman–Crippen MR) is 61.8 cm³/mol. The second-order valence-electron chi connectivity index (χ2n) is 3.78. The number of hydrogen-bond acceptors (Lipinski definition) is 3. The van der Waals surface area contributed by atoms with Crippen LogP contribution in [0.15, 0.2) is 36.7 Å². The zero-order valence-corrected chi connectivity index (χ0v) is 9.65. The van der Waals surface area contributed by atoms with Crippen LogP contribution in [0, 0.1) is 11.3 Å². The number of hydrogen-bond donors (Lipinski definition) is 0. The standard InChI is InChI=1S/C13H8F3N3/c14-13(15,16)11-4-3-9(5-6-17)12(19-11)10-2-1-7-18-8-10/h1-4,7-8H,5H2. The van der Waals surface area contributed by atoms with Crippen LogP contribution in [0.1, 0.15) is 11.3 Å². The third-order valence-corrected chi connectivity index (χ3v) is 2.47. The molecule has 96 valence electrons. The Kier molecular flexibility index (Phi) is 3.47. The lowest BCUT2D eigenvalue weighted by atomic mass is 10.0. The fourth-order valence-electron chi connectivity index (χ4n) is 1.63. The summed E-state index contributed by atoms with van der Waals surface area (Å²) in [5.74, 6) is 0. The molecule has 0 spiro atoms. The van der Waals surface area contributed by atoms with Gasteiger partial charge in [-0.3, -0.25) is 4.98 Å². The molecule has 0 saturated heterocycles. The van der Waals surface area contributed by atoms with Gasteiger partial charge in [0.25, 0.3) is 0 Å². The van der Waals surface area contributed by atoms with E-state index in [2.05, 4.69) is 9.97 Å². The van der Waals surface area contributed by atoms with E-state index in [1.54, 1.807) is 12.1 Å². The average Bonchev–Trinajstić information content (AvgIpc) is 2.39. The van der Waals surface area contributed by atoms with Crippen molar-refractivity contribution in [1.82, 2.24) is 9.97 Å². The molecule has 0 unspecified atom stereocenters. The maximum absolute atomic E-state index is 12.7. The van der Waals surface area contributed by atoms with E-state index in [0.29, 0.717) is 11.1 Å². The Hall–Kier alpha value is -2.42. The third kappa shape index (κ3) is 2.88. The van der Waals surface area contributed by atoms with Crippen molar-refractivity contribution in [1.29, 1.82) is 5.26 Å². The molecule has 2 aromatic heterocycles. The highest BCUT2D eigenvalue weighted by Gasteiger charge is 2.33. The van der Waals surface area contributed by atoms with Crippen molar-refractivity contribution in [3.05, 3.63) is 47.9 Å². The molecule has 6 heteroatoms. The number of nitrogens with zero attached hydrogens (tertiary/aromatic N) is 3. The number of aromatic nitrogens is 2. The number of nitriles is 1. The van der Waals surface area contributed by atoms with E-state index in [1.165, 1.54) is 18.5 Å². The molecule has 0 aliphatic carbocycles. The molecule has 0 bridgehead atoms. The zero-order chi connectivity index (χ0) is 13.9. The van der Waals surface area contributed by atoms with Gasteiger partial charge in [-0.2, -0.15) is 18.4 Å². The van der Waals surface area contributed by atoms with Gasteiger partial charge in [0.1, 0.15) is 5.69 Å². The highest BCUT2D eigenvalue weighted by atomic mass is 19.4. The van der Waals surface area contributed by atoms with Gasteiger partial charge >= 0.3 is 6.18 Å². The van der Waals surface area contributed by atoms with Gasteiger partial charge < -0.3 is 0 Å². The summed E-state index contributed by atoms with van der Waals surface area (Å²) in [4.78, 5) is 7.47. The monoisotopic (exact) mass is 263 g/mol. The Morgan fingerprint density at radius 3 is 2.58 bits per heavy atom. The Balaban J connectivity index is 2.58. The molecule has 0 aliphatic rings. The summed E-state index contributed by atoms with van der Waals surface area (Å²) in [6, 6.07) is 7.28. The van der Waals surface area contributed by atoms with Gasteiger partial charge in [0.2, 0.25) is 0 Å². The van der Waals surface area contributed by atoms with E-state index in [4.69, 9.17) is 5.26 Å². The van der Waals surface area contributed by atoms with Gasteiger partial charge in [-0.15, -0.1) is 0 Å². The van der Waals surface area contributed by atoms with Crippen LogP contribution >= 0.6 is 0 Å². The smallest absolute Gasteiger partial charge is 0.264 e. The van der Waals surface area contributed by atoms with Crippen molar-refractivity contribution in [2.45, 2.75) is 12.6 Å². The molecule has 0 atom stereocenters.